The van der Waals surface area contributed by atoms with Gasteiger partial charge in [-0.2, -0.15) is 0 Å². The Kier molecular flexibility index (Phi) is 2.95. The summed E-state index contributed by atoms with van der Waals surface area (Å²) in [6, 6.07) is 6.32. The summed E-state index contributed by atoms with van der Waals surface area (Å²) >= 11 is 0. The smallest absolute Gasteiger partial charge is 0.293 e. The Morgan fingerprint density at radius 3 is 2.77 bits per heavy atom. The third-order valence-corrected chi connectivity index (χ3v) is 4.22. The van der Waals surface area contributed by atoms with E-state index in [9.17, 15) is 13.6 Å². The number of alkyl halides is 1. The van der Waals surface area contributed by atoms with Crippen LogP contribution in [0.3, 0.4) is 0 Å². The van der Waals surface area contributed by atoms with Gasteiger partial charge in [-0.3, -0.25) is 4.79 Å². The molecule has 1 aromatic carbocycles. The summed E-state index contributed by atoms with van der Waals surface area (Å²) in [5.74, 6) is 0.103. The van der Waals surface area contributed by atoms with Crippen molar-refractivity contribution < 1.29 is 13.6 Å². The molecule has 1 unspecified atom stereocenters. The van der Waals surface area contributed by atoms with Gasteiger partial charge >= 0.3 is 0 Å². The van der Waals surface area contributed by atoms with Crippen molar-refractivity contribution in [3.63, 3.8) is 0 Å². The fourth-order valence-corrected chi connectivity index (χ4v) is 3.02. The zero-order valence-electron chi connectivity index (χ0n) is 11.7. The number of likely N-dealkylation sites (tertiary alicyclic amines) is 1. The molecule has 1 amide bonds. The Hall–Kier alpha value is -2.31. The van der Waals surface area contributed by atoms with E-state index in [1.165, 1.54) is 11.0 Å². The van der Waals surface area contributed by atoms with E-state index in [2.05, 4.69) is 10.1 Å². The average Bonchev–Trinajstić information content (AvgIpc) is 3.04. The Morgan fingerprint density at radius 2 is 2.05 bits per heavy atom. The maximum absolute atomic E-state index is 14.0. The Bertz CT molecular complexity index is 739. The van der Waals surface area contributed by atoms with E-state index >= 15 is 0 Å². The van der Waals surface area contributed by atoms with Crippen LogP contribution in [0.4, 0.5) is 8.78 Å². The minimum absolute atomic E-state index is 0.0722. The molecule has 114 valence electrons. The van der Waals surface area contributed by atoms with Gasteiger partial charge in [0, 0.05) is 12.0 Å². The molecule has 7 heteroatoms. The number of aryl methyl sites for hydroxylation is 1. The predicted octanol–water partition coefficient (Wildman–Crippen LogP) is 1.75. The summed E-state index contributed by atoms with van der Waals surface area (Å²) in [4.78, 5) is 17.8. The minimum atomic E-state index is -0.954. The van der Waals surface area contributed by atoms with Crippen molar-refractivity contribution in [2.45, 2.75) is 25.1 Å². The summed E-state index contributed by atoms with van der Waals surface area (Å²) in [6.45, 7) is 0.193. The zero-order valence-corrected chi connectivity index (χ0v) is 11.7. The average molecular weight is 304 g/mol. The molecule has 2 aliphatic heterocycles. The van der Waals surface area contributed by atoms with Crippen molar-refractivity contribution in [1.29, 1.82) is 0 Å². The summed E-state index contributed by atoms with van der Waals surface area (Å²) < 4.78 is 28.4. The number of hydrogen-bond donors (Lipinski definition) is 0. The van der Waals surface area contributed by atoms with E-state index in [1.807, 2.05) is 0 Å². The van der Waals surface area contributed by atoms with Gasteiger partial charge in [0.2, 0.25) is 5.82 Å². The molecular weight excluding hydrogens is 290 g/mol. The van der Waals surface area contributed by atoms with Gasteiger partial charge in [-0.05, 0) is 12.5 Å². The first-order valence-corrected chi connectivity index (χ1v) is 7.26. The van der Waals surface area contributed by atoms with E-state index < -0.39 is 6.17 Å². The van der Waals surface area contributed by atoms with Crippen LogP contribution in [0, 0.1) is 5.82 Å². The molecule has 22 heavy (non-hydrogen) atoms. The van der Waals surface area contributed by atoms with E-state index in [4.69, 9.17) is 0 Å². The lowest BCUT2D eigenvalue weighted by molar-refractivity contribution is 0.0388. The number of hydrogen-bond acceptors (Lipinski definition) is 3. The first-order valence-electron chi connectivity index (χ1n) is 7.26. The monoisotopic (exact) mass is 304 g/mol. The lowest BCUT2D eigenvalue weighted by atomic mass is 10.0. The molecule has 0 saturated carbocycles. The van der Waals surface area contributed by atoms with Crippen LogP contribution in [0.25, 0.3) is 0 Å². The number of fused-ring (bicyclic) bond motifs is 1. The van der Waals surface area contributed by atoms with Crippen LogP contribution >= 0.6 is 0 Å². The molecule has 0 spiro atoms. The second-order valence-corrected chi connectivity index (χ2v) is 5.68. The molecule has 1 atom stereocenters. The van der Waals surface area contributed by atoms with Crippen LogP contribution in [0.2, 0.25) is 0 Å². The third kappa shape index (κ3) is 2.00. The number of amides is 1. The number of rotatable bonds is 2. The summed E-state index contributed by atoms with van der Waals surface area (Å²) in [5.41, 5.74) is 0.554. The summed E-state index contributed by atoms with van der Waals surface area (Å²) in [5, 5.41) is 4.24. The van der Waals surface area contributed by atoms with Crippen LogP contribution in [-0.4, -0.2) is 44.8 Å². The predicted molar refractivity (Wildman–Crippen MR) is 73.7 cm³/mol. The first-order chi connectivity index (χ1) is 10.6. The maximum atomic E-state index is 14.0. The number of aromatic nitrogens is 3. The van der Waals surface area contributed by atoms with E-state index in [0.717, 1.165) is 0 Å². The fraction of sp³-hybridized carbons (Fsp3) is 0.400. The van der Waals surface area contributed by atoms with Crippen LogP contribution < -0.4 is 0 Å². The lowest BCUT2D eigenvalue weighted by Crippen LogP contribution is -2.51. The highest BCUT2D eigenvalue weighted by molar-refractivity contribution is 5.91. The topological polar surface area (TPSA) is 51.0 Å². The van der Waals surface area contributed by atoms with Crippen molar-refractivity contribution >= 4 is 5.91 Å². The molecule has 2 aliphatic rings. The highest BCUT2D eigenvalue weighted by Gasteiger charge is 2.35. The molecule has 2 aromatic rings. The molecule has 0 radical (unpaired) electrons. The standard InChI is InChI=1S/C15H14F2N4O/c16-9-7-20(8-9)15(22)14-18-13-6-5-12(21(13)19-14)10-3-1-2-4-11(10)17/h1-4,9,12H,5-8H2. The molecule has 1 fully saturated rings. The second-order valence-electron chi connectivity index (χ2n) is 5.68. The number of benzene rings is 1. The largest absolute Gasteiger partial charge is 0.330 e. The normalized spacial score (nSPS) is 20.8. The number of carbonyl (C=O) groups is 1. The van der Waals surface area contributed by atoms with Crippen LogP contribution in [0.15, 0.2) is 24.3 Å². The van der Waals surface area contributed by atoms with Crippen molar-refractivity contribution in [2.75, 3.05) is 13.1 Å². The van der Waals surface area contributed by atoms with Crippen LogP contribution in [0.1, 0.15) is 34.5 Å². The van der Waals surface area contributed by atoms with E-state index in [1.54, 1.807) is 22.9 Å². The van der Waals surface area contributed by atoms with Gasteiger partial charge in [0.15, 0.2) is 0 Å². The van der Waals surface area contributed by atoms with Crippen molar-refractivity contribution in [3.05, 3.63) is 47.3 Å². The Morgan fingerprint density at radius 1 is 1.27 bits per heavy atom. The van der Waals surface area contributed by atoms with E-state index in [-0.39, 0.29) is 36.7 Å². The van der Waals surface area contributed by atoms with Gasteiger partial charge in [-0.1, -0.05) is 18.2 Å². The van der Waals surface area contributed by atoms with Gasteiger partial charge in [0.25, 0.3) is 5.91 Å². The quantitative estimate of drug-likeness (QED) is 0.849. The number of halogens is 2. The van der Waals surface area contributed by atoms with Crippen LogP contribution in [-0.2, 0) is 6.42 Å². The fourth-order valence-electron chi connectivity index (χ4n) is 3.02. The molecule has 0 N–H and O–H groups in total. The SMILES string of the molecule is O=C(c1nc2n(n1)C(c1ccccc1F)CC2)N1CC(F)C1. The molecule has 0 bridgehead atoms. The van der Waals surface area contributed by atoms with Gasteiger partial charge in [-0.25, -0.2) is 18.4 Å². The highest BCUT2D eigenvalue weighted by Crippen LogP contribution is 2.32. The molecule has 1 aromatic heterocycles. The number of nitrogens with zero attached hydrogens (tertiary/aromatic N) is 4. The van der Waals surface area contributed by atoms with Crippen molar-refractivity contribution in [3.8, 4) is 0 Å². The van der Waals surface area contributed by atoms with Gasteiger partial charge in [0.05, 0.1) is 19.1 Å². The molecule has 3 heterocycles. The van der Waals surface area contributed by atoms with E-state index in [0.29, 0.717) is 24.2 Å². The molecule has 5 nitrogen and oxygen atoms in total. The minimum Gasteiger partial charge on any atom is -0.330 e. The van der Waals surface area contributed by atoms with Gasteiger partial charge in [-0.15, -0.1) is 5.10 Å². The van der Waals surface area contributed by atoms with Crippen molar-refractivity contribution in [2.24, 2.45) is 0 Å². The lowest BCUT2D eigenvalue weighted by Gasteiger charge is -2.33. The third-order valence-electron chi connectivity index (χ3n) is 4.22. The maximum Gasteiger partial charge on any atom is 0.293 e. The zero-order chi connectivity index (χ0) is 15.3. The molecule has 4 rings (SSSR count). The summed E-state index contributed by atoms with van der Waals surface area (Å²) in [6.07, 6.45) is 0.399. The molecular formula is C15H14F2N4O. The highest BCUT2D eigenvalue weighted by atomic mass is 19.1. The van der Waals surface area contributed by atoms with Gasteiger partial charge < -0.3 is 4.90 Å². The molecule has 0 aliphatic carbocycles. The first kappa shape index (κ1) is 13.4. The Labute approximate surface area is 125 Å². The number of carbonyl (C=O) groups excluding carboxylic acids is 1. The van der Waals surface area contributed by atoms with Crippen molar-refractivity contribution in [1.82, 2.24) is 19.7 Å². The second kappa shape index (κ2) is 4.86. The summed E-state index contributed by atoms with van der Waals surface area (Å²) in [7, 11) is 0. The Balaban J connectivity index is 1.63. The molecule has 1 saturated heterocycles. The van der Waals surface area contributed by atoms with Crippen LogP contribution in [0.5, 0.6) is 0 Å². The van der Waals surface area contributed by atoms with Gasteiger partial charge in [0.1, 0.15) is 17.8 Å².